The van der Waals surface area contributed by atoms with Gasteiger partial charge in [-0.2, -0.15) is 0 Å². The molecular weight excluding hydrogens is 370 g/mol. The van der Waals surface area contributed by atoms with Crippen LogP contribution >= 0.6 is 0 Å². The summed E-state index contributed by atoms with van der Waals surface area (Å²) in [6, 6.07) is 7.71. The molecule has 8 nitrogen and oxygen atoms in total. The number of rotatable bonds is 9. The second-order valence-corrected chi connectivity index (χ2v) is 7.92. The molecule has 0 unspecified atom stereocenters. The van der Waals surface area contributed by atoms with Gasteiger partial charge in [-0.3, -0.25) is 19.5 Å². The molecular formula is C21H27N5O3. The minimum Gasteiger partial charge on any atom is -0.364 e. The Balaban J connectivity index is 1.29. The lowest BCUT2D eigenvalue weighted by Crippen LogP contribution is -2.45. The van der Waals surface area contributed by atoms with E-state index in [0.29, 0.717) is 25.2 Å². The van der Waals surface area contributed by atoms with E-state index in [1.807, 2.05) is 18.2 Å². The smallest absolute Gasteiger partial charge is 0.273 e. The van der Waals surface area contributed by atoms with Crippen LogP contribution in [-0.2, 0) is 11.3 Å². The van der Waals surface area contributed by atoms with Gasteiger partial charge in [-0.1, -0.05) is 11.2 Å². The molecule has 154 valence electrons. The van der Waals surface area contributed by atoms with Gasteiger partial charge in [-0.25, -0.2) is 0 Å². The summed E-state index contributed by atoms with van der Waals surface area (Å²) in [6.07, 6.45) is 8.06. The molecule has 1 saturated carbocycles. The molecule has 1 saturated heterocycles. The van der Waals surface area contributed by atoms with E-state index in [2.05, 4.69) is 25.7 Å². The van der Waals surface area contributed by atoms with Crippen molar-refractivity contribution < 1.29 is 14.1 Å². The molecule has 1 aliphatic carbocycles. The summed E-state index contributed by atoms with van der Waals surface area (Å²) in [5.41, 5.74) is 1.15. The topological polar surface area (TPSA) is 100 Å². The largest absolute Gasteiger partial charge is 0.364 e. The van der Waals surface area contributed by atoms with Gasteiger partial charge in [0.15, 0.2) is 5.69 Å². The molecule has 3 heterocycles. The first-order valence-electron chi connectivity index (χ1n) is 10.3. The Kier molecular flexibility index (Phi) is 6.19. The van der Waals surface area contributed by atoms with Gasteiger partial charge in [0.05, 0.1) is 12.2 Å². The van der Waals surface area contributed by atoms with Crippen LogP contribution in [0.3, 0.4) is 0 Å². The Morgan fingerprint density at radius 2 is 1.97 bits per heavy atom. The second-order valence-electron chi connectivity index (χ2n) is 7.92. The summed E-state index contributed by atoms with van der Waals surface area (Å²) in [6.45, 7) is 2.01. The lowest BCUT2D eigenvalue weighted by atomic mass is 10.1. The number of hydrogen-bond donors (Lipinski definition) is 2. The summed E-state index contributed by atoms with van der Waals surface area (Å²) >= 11 is 0. The maximum Gasteiger partial charge on any atom is 0.273 e. The molecule has 2 aromatic rings. The number of carbonyl (C=O) groups is 2. The molecule has 29 heavy (non-hydrogen) atoms. The normalized spacial score (nSPS) is 21.8. The number of hydrogen-bond acceptors (Lipinski definition) is 6. The number of nitrogens with one attached hydrogen (secondary N) is 2. The molecule has 2 fully saturated rings. The van der Waals surface area contributed by atoms with Crippen molar-refractivity contribution in [1.29, 1.82) is 0 Å². The maximum absolute atomic E-state index is 12.5. The third-order valence-electron chi connectivity index (χ3n) is 5.72. The molecule has 0 bridgehead atoms. The molecule has 0 spiro atoms. The predicted molar refractivity (Wildman–Crippen MR) is 106 cm³/mol. The number of aromatic nitrogens is 2. The fourth-order valence-corrected chi connectivity index (χ4v) is 3.96. The van der Waals surface area contributed by atoms with Crippen LogP contribution in [-0.4, -0.2) is 52.0 Å². The molecule has 0 radical (unpaired) electrons. The highest BCUT2D eigenvalue weighted by Crippen LogP contribution is 2.35. The minimum atomic E-state index is -0.221. The average Bonchev–Trinajstić information content (AvgIpc) is 3.23. The fourth-order valence-electron chi connectivity index (χ4n) is 3.96. The Hall–Kier alpha value is -2.74. The van der Waals surface area contributed by atoms with E-state index >= 15 is 0 Å². The molecule has 8 heteroatoms. The van der Waals surface area contributed by atoms with Crippen molar-refractivity contribution in [2.24, 2.45) is 5.92 Å². The Morgan fingerprint density at radius 3 is 2.69 bits per heavy atom. The lowest BCUT2D eigenvalue weighted by molar-refractivity contribution is -0.122. The van der Waals surface area contributed by atoms with Gasteiger partial charge in [0.25, 0.3) is 5.91 Å². The zero-order chi connectivity index (χ0) is 20.1. The fraction of sp³-hybridized carbons (Fsp3) is 0.524. The van der Waals surface area contributed by atoms with Crippen LogP contribution in [0.5, 0.6) is 0 Å². The maximum atomic E-state index is 12.5. The number of pyridine rings is 1. The third-order valence-corrected chi connectivity index (χ3v) is 5.72. The number of nitrogens with zero attached hydrogens (tertiary/aromatic N) is 3. The SMILES string of the molecule is O=C(C[C@H]1CC[C@@H](CNC(=O)c2ccon2)N1CC1CC1)NCc1ccccn1. The number of amides is 2. The minimum absolute atomic E-state index is 0.0498. The van der Waals surface area contributed by atoms with Crippen molar-refractivity contribution in [1.82, 2.24) is 25.7 Å². The summed E-state index contributed by atoms with van der Waals surface area (Å²) in [5.74, 6) is 0.552. The van der Waals surface area contributed by atoms with Crippen molar-refractivity contribution in [3.63, 3.8) is 0 Å². The van der Waals surface area contributed by atoms with Gasteiger partial charge in [0.2, 0.25) is 5.91 Å². The molecule has 2 N–H and O–H groups in total. The van der Waals surface area contributed by atoms with Gasteiger partial charge >= 0.3 is 0 Å². The van der Waals surface area contributed by atoms with Gasteiger partial charge in [-0.05, 0) is 43.7 Å². The first-order valence-corrected chi connectivity index (χ1v) is 10.3. The van der Waals surface area contributed by atoms with Crippen molar-refractivity contribution in [2.45, 2.75) is 50.7 Å². The number of carbonyl (C=O) groups excluding carboxylic acids is 2. The summed E-state index contributed by atoms with van der Waals surface area (Å²) < 4.78 is 4.74. The van der Waals surface area contributed by atoms with E-state index in [4.69, 9.17) is 4.52 Å². The highest BCUT2D eigenvalue weighted by molar-refractivity contribution is 5.91. The number of likely N-dealkylation sites (tertiary alicyclic amines) is 1. The van der Waals surface area contributed by atoms with E-state index < -0.39 is 0 Å². The standard InChI is InChI=1S/C21H27N5O3/c27-20(23-12-16-3-1-2-9-22-16)11-17-6-7-18(26(17)14-15-4-5-15)13-24-21(28)19-8-10-29-25-19/h1-3,8-10,15,17-18H,4-7,11-14H2,(H,23,27)(H,24,28)/t17-,18+/m1/s1. The van der Waals surface area contributed by atoms with Gasteiger partial charge in [0, 0.05) is 43.9 Å². The molecule has 2 amide bonds. The Bertz CT molecular complexity index is 807. The van der Waals surface area contributed by atoms with E-state index in [1.165, 1.54) is 19.1 Å². The van der Waals surface area contributed by atoms with Crippen molar-refractivity contribution in [3.8, 4) is 0 Å². The van der Waals surface area contributed by atoms with E-state index in [9.17, 15) is 9.59 Å². The summed E-state index contributed by atoms with van der Waals surface area (Å²) in [4.78, 5) is 31.3. The molecule has 2 aromatic heterocycles. The highest BCUT2D eigenvalue weighted by atomic mass is 16.5. The van der Waals surface area contributed by atoms with Gasteiger partial charge in [-0.15, -0.1) is 0 Å². The zero-order valence-corrected chi connectivity index (χ0v) is 16.4. The molecule has 0 aromatic carbocycles. The van der Waals surface area contributed by atoms with Gasteiger partial charge < -0.3 is 15.2 Å². The zero-order valence-electron chi connectivity index (χ0n) is 16.4. The molecule has 2 aliphatic rings. The van der Waals surface area contributed by atoms with Crippen LogP contribution < -0.4 is 10.6 Å². The van der Waals surface area contributed by atoms with Crippen LogP contribution in [0.2, 0.25) is 0 Å². The third kappa shape index (κ3) is 5.41. The van der Waals surface area contributed by atoms with Crippen molar-refractivity contribution >= 4 is 11.8 Å². The van der Waals surface area contributed by atoms with E-state index in [-0.39, 0.29) is 23.9 Å². The monoisotopic (exact) mass is 397 g/mol. The molecule has 2 atom stereocenters. The lowest BCUT2D eigenvalue weighted by Gasteiger charge is -2.30. The van der Waals surface area contributed by atoms with Crippen LogP contribution in [0.15, 0.2) is 41.2 Å². The Labute approximate surface area is 170 Å². The van der Waals surface area contributed by atoms with Crippen LogP contribution in [0.25, 0.3) is 0 Å². The molecule has 1 aliphatic heterocycles. The van der Waals surface area contributed by atoms with E-state index in [1.54, 1.807) is 12.3 Å². The van der Waals surface area contributed by atoms with Crippen molar-refractivity contribution in [2.75, 3.05) is 13.1 Å². The second kappa shape index (κ2) is 9.17. The predicted octanol–water partition coefficient (Wildman–Crippen LogP) is 1.75. The highest BCUT2D eigenvalue weighted by Gasteiger charge is 2.38. The van der Waals surface area contributed by atoms with Gasteiger partial charge in [0.1, 0.15) is 6.26 Å². The molecule has 4 rings (SSSR count). The summed E-state index contributed by atoms with van der Waals surface area (Å²) in [7, 11) is 0. The van der Waals surface area contributed by atoms with Crippen molar-refractivity contribution in [3.05, 3.63) is 48.1 Å². The summed E-state index contributed by atoms with van der Waals surface area (Å²) in [5, 5.41) is 9.62. The van der Waals surface area contributed by atoms with E-state index in [0.717, 1.165) is 31.0 Å². The quantitative estimate of drug-likeness (QED) is 0.669. The van der Waals surface area contributed by atoms with Crippen LogP contribution in [0.4, 0.5) is 0 Å². The van der Waals surface area contributed by atoms with Crippen LogP contribution in [0, 0.1) is 5.92 Å². The Morgan fingerprint density at radius 1 is 1.10 bits per heavy atom. The average molecular weight is 397 g/mol. The first kappa shape index (κ1) is 19.6. The first-order chi connectivity index (χ1) is 14.2. The van der Waals surface area contributed by atoms with Crippen LogP contribution in [0.1, 0.15) is 48.3 Å².